The highest BCUT2D eigenvalue weighted by Gasteiger charge is 2.34. The number of aromatic nitrogens is 3. The van der Waals surface area contributed by atoms with Crippen LogP contribution in [-0.4, -0.2) is 20.7 Å². The predicted molar refractivity (Wildman–Crippen MR) is 119 cm³/mol. The first-order valence-corrected chi connectivity index (χ1v) is 11.0. The SMILES string of the molecule is Cc1ccc(C(NC(=O)c2sc(-c3c(C)c(C)nn(C)c3=O)nc2C)C2CC2)cc1. The summed E-state index contributed by atoms with van der Waals surface area (Å²) in [6.45, 7) is 7.62. The number of nitrogens with zero attached hydrogens (tertiary/aromatic N) is 3. The molecule has 156 valence electrons. The van der Waals surface area contributed by atoms with Crippen LogP contribution in [0.3, 0.4) is 0 Å². The first-order valence-electron chi connectivity index (χ1n) is 10.2. The van der Waals surface area contributed by atoms with E-state index in [9.17, 15) is 9.59 Å². The number of hydrogen-bond donors (Lipinski definition) is 1. The van der Waals surface area contributed by atoms with Crippen LogP contribution in [0.15, 0.2) is 29.1 Å². The topological polar surface area (TPSA) is 76.9 Å². The van der Waals surface area contributed by atoms with Gasteiger partial charge in [0, 0.05) is 7.05 Å². The van der Waals surface area contributed by atoms with E-state index in [1.165, 1.54) is 21.6 Å². The lowest BCUT2D eigenvalue weighted by atomic mass is 10.0. The van der Waals surface area contributed by atoms with E-state index in [1.54, 1.807) is 7.05 Å². The van der Waals surface area contributed by atoms with Crippen LogP contribution in [0.1, 0.15) is 56.6 Å². The molecule has 0 spiro atoms. The standard InChI is InChI=1S/C23H26N4O2S/c1-12-6-8-16(9-7-12)19(17-10-11-17)25-21(28)20-15(4)24-22(30-20)18-13(2)14(3)26-27(5)23(18)29/h6-9,17,19H,10-11H2,1-5H3,(H,25,28). The number of nitrogens with one attached hydrogen (secondary N) is 1. The van der Waals surface area contributed by atoms with Crippen LogP contribution in [0, 0.1) is 33.6 Å². The van der Waals surface area contributed by atoms with Gasteiger partial charge < -0.3 is 5.32 Å². The highest BCUT2D eigenvalue weighted by molar-refractivity contribution is 7.17. The lowest BCUT2D eigenvalue weighted by Gasteiger charge is -2.18. The van der Waals surface area contributed by atoms with Crippen LogP contribution in [0.25, 0.3) is 10.6 Å². The van der Waals surface area contributed by atoms with Crippen molar-refractivity contribution in [2.75, 3.05) is 0 Å². The largest absolute Gasteiger partial charge is 0.344 e. The maximum Gasteiger partial charge on any atom is 0.277 e. The lowest BCUT2D eigenvalue weighted by Crippen LogP contribution is -2.29. The van der Waals surface area contributed by atoms with Gasteiger partial charge in [-0.2, -0.15) is 5.10 Å². The van der Waals surface area contributed by atoms with Crippen molar-refractivity contribution in [3.8, 4) is 10.6 Å². The molecule has 1 aliphatic rings. The smallest absolute Gasteiger partial charge is 0.277 e. The molecule has 1 fully saturated rings. The van der Waals surface area contributed by atoms with Crippen molar-refractivity contribution >= 4 is 17.2 Å². The Morgan fingerprint density at radius 1 is 1.13 bits per heavy atom. The second kappa shape index (κ2) is 7.80. The average molecular weight is 423 g/mol. The van der Waals surface area contributed by atoms with Crippen molar-refractivity contribution in [2.45, 2.75) is 46.6 Å². The summed E-state index contributed by atoms with van der Waals surface area (Å²) in [6.07, 6.45) is 2.24. The van der Waals surface area contributed by atoms with Gasteiger partial charge in [0.05, 0.1) is 23.0 Å². The Bertz CT molecular complexity index is 1170. The van der Waals surface area contributed by atoms with E-state index in [0.29, 0.717) is 27.1 Å². The van der Waals surface area contributed by atoms with Crippen LogP contribution in [-0.2, 0) is 7.05 Å². The third-order valence-corrected chi connectivity index (χ3v) is 6.93. The van der Waals surface area contributed by atoms with Crippen LogP contribution >= 0.6 is 11.3 Å². The molecule has 2 aromatic heterocycles. The highest BCUT2D eigenvalue weighted by Crippen LogP contribution is 2.41. The third-order valence-electron chi connectivity index (χ3n) is 5.76. The Kier molecular flexibility index (Phi) is 5.32. The Morgan fingerprint density at radius 2 is 1.80 bits per heavy atom. The van der Waals surface area contributed by atoms with E-state index in [2.05, 4.69) is 46.6 Å². The van der Waals surface area contributed by atoms with Gasteiger partial charge in [0.2, 0.25) is 0 Å². The van der Waals surface area contributed by atoms with Gasteiger partial charge in [0.1, 0.15) is 9.88 Å². The Hall–Kier alpha value is -2.80. The van der Waals surface area contributed by atoms with E-state index >= 15 is 0 Å². The monoisotopic (exact) mass is 422 g/mol. The normalized spacial score (nSPS) is 14.6. The molecule has 1 amide bonds. The summed E-state index contributed by atoms with van der Waals surface area (Å²) in [5.74, 6) is 0.343. The molecular weight excluding hydrogens is 396 g/mol. The molecule has 30 heavy (non-hydrogen) atoms. The van der Waals surface area contributed by atoms with E-state index in [-0.39, 0.29) is 17.5 Å². The van der Waals surface area contributed by atoms with E-state index < -0.39 is 0 Å². The summed E-state index contributed by atoms with van der Waals surface area (Å²) >= 11 is 1.27. The number of thiazole rings is 1. The van der Waals surface area contributed by atoms with Crippen molar-refractivity contribution in [3.63, 3.8) is 0 Å². The molecule has 2 heterocycles. The minimum atomic E-state index is -0.200. The zero-order chi connectivity index (χ0) is 21.6. The zero-order valence-electron chi connectivity index (χ0n) is 17.9. The molecule has 7 heteroatoms. The van der Waals surface area contributed by atoms with Gasteiger partial charge in [0.25, 0.3) is 11.5 Å². The first kappa shape index (κ1) is 20.5. The number of aryl methyl sites for hydroxylation is 4. The van der Waals surface area contributed by atoms with Crippen LogP contribution < -0.4 is 10.9 Å². The molecule has 4 rings (SSSR count). The molecule has 1 atom stereocenters. The summed E-state index contributed by atoms with van der Waals surface area (Å²) in [5, 5.41) is 8.02. The molecule has 0 aliphatic heterocycles. The molecule has 1 aromatic carbocycles. The molecule has 6 nitrogen and oxygen atoms in total. The molecule has 1 saturated carbocycles. The number of carbonyl (C=O) groups excluding carboxylic acids is 1. The van der Waals surface area contributed by atoms with Gasteiger partial charge in [-0.1, -0.05) is 29.8 Å². The summed E-state index contributed by atoms with van der Waals surface area (Å²) < 4.78 is 1.33. The van der Waals surface area contributed by atoms with Crippen molar-refractivity contribution in [2.24, 2.45) is 13.0 Å². The molecule has 0 radical (unpaired) electrons. The Labute approximate surface area is 180 Å². The lowest BCUT2D eigenvalue weighted by molar-refractivity contribution is 0.0935. The number of hydrogen-bond acceptors (Lipinski definition) is 5. The molecule has 0 bridgehead atoms. The van der Waals surface area contributed by atoms with Crippen molar-refractivity contribution in [1.82, 2.24) is 20.1 Å². The number of benzene rings is 1. The summed E-state index contributed by atoms with van der Waals surface area (Å²) in [7, 11) is 1.63. The van der Waals surface area contributed by atoms with E-state index in [4.69, 9.17) is 0 Å². The fraction of sp³-hybridized carbons (Fsp3) is 0.391. The molecule has 0 saturated heterocycles. The average Bonchev–Trinajstić information content (AvgIpc) is 3.47. The fourth-order valence-electron chi connectivity index (χ4n) is 3.70. The first-order chi connectivity index (χ1) is 14.3. The third kappa shape index (κ3) is 3.81. The highest BCUT2D eigenvalue weighted by atomic mass is 32.1. The minimum absolute atomic E-state index is 0.000764. The van der Waals surface area contributed by atoms with Crippen LogP contribution in [0.5, 0.6) is 0 Å². The van der Waals surface area contributed by atoms with Gasteiger partial charge in [-0.15, -0.1) is 11.3 Å². The maximum atomic E-state index is 13.2. The summed E-state index contributed by atoms with van der Waals surface area (Å²) in [6, 6.07) is 8.35. The molecule has 1 aliphatic carbocycles. The van der Waals surface area contributed by atoms with Gasteiger partial charge in [-0.3, -0.25) is 9.59 Å². The van der Waals surface area contributed by atoms with Gasteiger partial charge >= 0.3 is 0 Å². The predicted octanol–water partition coefficient (Wildman–Crippen LogP) is 4.02. The second-order valence-corrected chi connectivity index (χ2v) is 9.15. The quantitative estimate of drug-likeness (QED) is 0.674. The fourth-order valence-corrected chi connectivity index (χ4v) is 4.76. The van der Waals surface area contributed by atoms with Gasteiger partial charge in [-0.05, 0) is 57.6 Å². The van der Waals surface area contributed by atoms with E-state index in [1.807, 2.05) is 20.8 Å². The second-order valence-electron chi connectivity index (χ2n) is 8.15. The van der Waals surface area contributed by atoms with Crippen molar-refractivity contribution in [3.05, 3.63) is 67.6 Å². The molecular formula is C23H26N4O2S. The van der Waals surface area contributed by atoms with E-state index in [0.717, 1.165) is 29.7 Å². The summed E-state index contributed by atoms with van der Waals surface area (Å²) in [4.78, 5) is 31.0. The minimum Gasteiger partial charge on any atom is -0.344 e. The van der Waals surface area contributed by atoms with Crippen molar-refractivity contribution in [1.29, 1.82) is 0 Å². The van der Waals surface area contributed by atoms with Crippen LogP contribution in [0.2, 0.25) is 0 Å². The molecule has 3 aromatic rings. The zero-order valence-corrected chi connectivity index (χ0v) is 18.8. The Morgan fingerprint density at radius 3 is 2.43 bits per heavy atom. The Balaban J connectivity index is 1.66. The number of amides is 1. The molecule has 1 unspecified atom stereocenters. The van der Waals surface area contributed by atoms with Gasteiger partial charge in [-0.25, -0.2) is 9.67 Å². The summed E-state index contributed by atoms with van der Waals surface area (Å²) in [5.41, 5.74) is 4.87. The van der Waals surface area contributed by atoms with Crippen LogP contribution in [0.4, 0.5) is 0 Å². The number of rotatable bonds is 5. The van der Waals surface area contributed by atoms with Crippen molar-refractivity contribution < 1.29 is 4.79 Å². The maximum absolute atomic E-state index is 13.2. The molecule has 1 N–H and O–H groups in total. The van der Waals surface area contributed by atoms with Gasteiger partial charge in [0.15, 0.2) is 0 Å². The number of carbonyl (C=O) groups is 1.